The Hall–Kier alpha value is -1.63. The maximum atomic E-state index is 12.3. The van der Waals surface area contributed by atoms with Crippen LogP contribution in [0.5, 0.6) is 0 Å². The molecule has 1 amide bonds. The quantitative estimate of drug-likeness (QED) is 0.738. The molecule has 0 bridgehead atoms. The smallest absolute Gasteiger partial charge is 0.248 e. The van der Waals surface area contributed by atoms with E-state index in [1.807, 2.05) is 41.3 Å². The highest BCUT2D eigenvalue weighted by molar-refractivity contribution is 9.10. The van der Waals surface area contributed by atoms with E-state index in [1.54, 1.807) is 6.20 Å². The topological polar surface area (TPSA) is 45.7 Å². The van der Waals surface area contributed by atoms with Gasteiger partial charge in [-0.05, 0) is 39.7 Å². The molecule has 0 N–H and O–H groups in total. The lowest BCUT2D eigenvalue weighted by Crippen LogP contribution is -2.50. The molecule has 7 heteroatoms. The van der Waals surface area contributed by atoms with Gasteiger partial charge in [-0.1, -0.05) is 29.8 Å². The van der Waals surface area contributed by atoms with Gasteiger partial charge in [-0.25, -0.2) is 4.98 Å². The number of nitrogens with zero attached hydrogens (tertiary/aromatic N) is 3. The number of ether oxygens (including phenoxy) is 1. The maximum Gasteiger partial charge on any atom is 0.248 e. The Balaban J connectivity index is 1.44. The molecule has 2 aromatic rings. The van der Waals surface area contributed by atoms with Crippen LogP contribution in [0.2, 0.25) is 5.02 Å². The van der Waals surface area contributed by atoms with Crippen LogP contribution in [0.25, 0.3) is 0 Å². The molecule has 0 unspecified atom stereocenters. The number of pyridine rings is 1. The van der Waals surface area contributed by atoms with Gasteiger partial charge < -0.3 is 14.5 Å². The van der Waals surface area contributed by atoms with Crippen molar-refractivity contribution < 1.29 is 9.53 Å². The molecule has 5 nitrogen and oxygen atoms in total. The number of anilines is 1. The van der Waals surface area contributed by atoms with Gasteiger partial charge in [0.15, 0.2) is 0 Å². The average Bonchev–Trinajstić information content (AvgIpc) is 2.64. The zero-order valence-corrected chi connectivity index (χ0v) is 16.0. The van der Waals surface area contributed by atoms with Crippen LogP contribution in [0.4, 0.5) is 5.82 Å². The zero-order valence-electron chi connectivity index (χ0n) is 13.7. The van der Waals surface area contributed by atoms with Crippen LogP contribution >= 0.6 is 27.5 Å². The summed E-state index contributed by atoms with van der Waals surface area (Å²) in [6.45, 7) is 3.30. The first-order valence-corrected chi connectivity index (χ1v) is 9.26. The predicted octanol–water partition coefficient (Wildman–Crippen LogP) is 3.36. The molecule has 25 heavy (non-hydrogen) atoms. The lowest BCUT2D eigenvalue weighted by Gasteiger charge is -2.35. The monoisotopic (exact) mass is 423 g/mol. The highest BCUT2D eigenvalue weighted by Crippen LogP contribution is 2.17. The molecule has 3 rings (SSSR count). The van der Waals surface area contributed by atoms with Crippen LogP contribution < -0.4 is 4.90 Å². The molecule has 1 fully saturated rings. The minimum absolute atomic E-state index is 0.00969. The molecule has 0 spiro atoms. The van der Waals surface area contributed by atoms with Crippen LogP contribution in [0.3, 0.4) is 0 Å². The normalized spacial score (nSPS) is 14.6. The standard InChI is InChI=1S/C18H19BrClN3O2/c19-15-5-6-17(21-11-15)22-7-9-23(10-8-22)18(24)13-25-12-14-3-1-2-4-16(14)20/h1-6,11H,7-10,12-13H2. The first-order valence-electron chi connectivity index (χ1n) is 8.09. The molecule has 0 radical (unpaired) electrons. The Kier molecular flexibility index (Phi) is 6.29. The molecule has 132 valence electrons. The maximum absolute atomic E-state index is 12.3. The Morgan fingerprint density at radius 1 is 1.16 bits per heavy atom. The Morgan fingerprint density at radius 2 is 1.92 bits per heavy atom. The van der Waals surface area contributed by atoms with Crippen molar-refractivity contribution in [3.8, 4) is 0 Å². The molecule has 1 saturated heterocycles. The number of carbonyl (C=O) groups excluding carboxylic acids is 1. The third kappa shape index (κ3) is 4.93. The lowest BCUT2D eigenvalue weighted by atomic mass is 10.2. The first-order chi connectivity index (χ1) is 12.1. The van der Waals surface area contributed by atoms with Crippen molar-refractivity contribution in [2.75, 3.05) is 37.7 Å². The lowest BCUT2D eigenvalue weighted by molar-refractivity contribution is -0.136. The summed E-state index contributed by atoms with van der Waals surface area (Å²) >= 11 is 9.47. The highest BCUT2D eigenvalue weighted by Gasteiger charge is 2.21. The summed E-state index contributed by atoms with van der Waals surface area (Å²) < 4.78 is 6.49. The van der Waals surface area contributed by atoms with Crippen LogP contribution in [-0.4, -0.2) is 48.6 Å². The number of benzene rings is 1. The highest BCUT2D eigenvalue weighted by atomic mass is 79.9. The van der Waals surface area contributed by atoms with Crippen molar-refractivity contribution in [3.05, 3.63) is 57.7 Å². The van der Waals surface area contributed by atoms with Gasteiger partial charge in [-0.3, -0.25) is 4.79 Å². The van der Waals surface area contributed by atoms with Crippen LogP contribution in [0.1, 0.15) is 5.56 Å². The van der Waals surface area contributed by atoms with Crippen molar-refractivity contribution in [2.24, 2.45) is 0 Å². The third-order valence-electron chi connectivity index (χ3n) is 4.11. The molecule has 0 atom stereocenters. The second kappa shape index (κ2) is 8.65. The van der Waals surface area contributed by atoms with E-state index in [1.165, 1.54) is 0 Å². The van der Waals surface area contributed by atoms with Crippen molar-refractivity contribution >= 4 is 39.3 Å². The summed E-state index contributed by atoms with van der Waals surface area (Å²) in [5.74, 6) is 0.945. The van der Waals surface area contributed by atoms with Crippen molar-refractivity contribution in [1.29, 1.82) is 0 Å². The second-order valence-electron chi connectivity index (χ2n) is 5.79. The van der Waals surface area contributed by atoms with Gasteiger partial charge in [-0.2, -0.15) is 0 Å². The van der Waals surface area contributed by atoms with Gasteiger partial charge in [0.25, 0.3) is 0 Å². The number of rotatable bonds is 5. The van der Waals surface area contributed by atoms with E-state index in [0.717, 1.165) is 28.9 Å². The minimum Gasteiger partial charge on any atom is -0.367 e. The second-order valence-corrected chi connectivity index (χ2v) is 7.11. The first kappa shape index (κ1) is 18.2. The van der Waals surface area contributed by atoms with Gasteiger partial charge in [0.05, 0.1) is 6.61 Å². The number of piperazine rings is 1. The van der Waals surface area contributed by atoms with E-state index in [9.17, 15) is 4.79 Å². The fourth-order valence-corrected chi connectivity index (χ4v) is 3.12. The molecule has 1 aromatic heterocycles. The molecule has 1 aromatic carbocycles. The molecular formula is C18H19BrClN3O2. The number of halogens is 2. The van der Waals surface area contributed by atoms with Crippen molar-refractivity contribution in [2.45, 2.75) is 6.61 Å². The Morgan fingerprint density at radius 3 is 2.60 bits per heavy atom. The third-order valence-corrected chi connectivity index (χ3v) is 4.95. The molecule has 0 aliphatic carbocycles. The SMILES string of the molecule is O=C(COCc1ccccc1Cl)N1CCN(c2ccc(Br)cn2)CC1. The number of hydrogen-bond donors (Lipinski definition) is 0. The zero-order chi connectivity index (χ0) is 17.6. The van der Waals surface area contributed by atoms with Gasteiger partial charge >= 0.3 is 0 Å². The van der Waals surface area contributed by atoms with Crippen LogP contribution in [0.15, 0.2) is 47.1 Å². The summed E-state index contributed by atoms with van der Waals surface area (Å²) in [5.41, 5.74) is 0.892. The van der Waals surface area contributed by atoms with E-state index in [4.69, 9.17) is 16.3 Å². The summed E-state index contributed by atoms with van der Waals surface area (Å²) in [6, 6.07) is 11.4. The number of amides is 1. The van der Waals surface area contributed by atoms with Crippen molar-refractivity contribution in [3.63, 3.8) is 0 Å². The summed E-state index contributed by atoms with van der Waals surface area (Å²) in [7, 11) is 0. The summed E-state index contributed by atoms with van der Waals surface area (Å²) in [5, 5.41) is 0.658. The average molecular weight is 425 g/mol. The summed E-state index contributed by atoms with van der Waals surface area (Å²) in [4.78, 5) is 20.7. The van der Waals surface area contributed by atoms with Gasteiger partial charge in [0.2, 0.25) is 5.91 Å². The van der Waals surface area contributed by atoms with Gasteiger partial charge in [-0.15, -0.1) is 0 Å². The largest absolute Gasteiger partial charge is 0.367 e. The van der Waals surface area contributed by atoms with Crippen LogP contribution in [0, 0.1) is 0 Å². The summed E-state index contributed by atoms with van der Waals surface area (Å²) in [6.07, 6.45) is 1.79. The molecule has 1 aliphatic heterocycles. The molecule has 2 heterocycles. The number of hydrogen-bond acceptors (Lipinski definition) is 4. The fraction of sp³-hybridized carbons (Fsp3) is 0.333. The van der Waals surface area contributed by atoms with E-state index in [-0.39, 0.29) is 12.5 Å². The van der Waals surface area contributed by atoms with Gasteiger partial charge in [0, 0.05) is 41.9 Å². The molecule has 0 saturated carbocycles. The van der Waals surface area contributed by atoms with E-state index in [0.29, 0.717) is 24.7 Å². The van der Waals surface area contributed by atoms with E-state index >= 15 is 0 Å². The minimum atomic E-state index is 0.00969. The predicted molar refractivity (Wildman–Crippen MR) is 102 cm³/mol. The van der Waals surface area contributed by atoms with E-state index < -0.39 is 0 Å². The van der Waals surface area contributed by atoms with Gasteiger partial charge in [0.1, 0.15) is 12.4 Å². The Labute approximate surface area is 160 Å². The van der Waals surface area contributed by atoms with E-state index in [2.05, 4.69) is 25.8 Å². The fourth-order valence-electron chi connectivity index (χ4n) is 2.70. The van der Waals surface area contributed by atoms with Crippen LogP contribution in [-0.2, 0) is 16.1 Å². The Bertz CT molecular complexity index is 719. The molecular weight excluding hydrogens is 406 g/mol. The number of carbonyl (C=O) groups is 1. The molecule has 1 aliphatic rings. The van der Waals surface area contributed by atoms with Crippen molar-refractivity contribution in [1.82, 2.24) is 9.88 Å². The number of aromatic nitrogens is 1.